The van der Waals surface area contributed by atoms with Crippen LogP contribution in [0.2, 0.25) is 0 Å². The molecule has 3 saturated carbocycles. The molecule has 0 radical (unpaired) electrons. The highest BCUT2D eigenvalue weighted by atomic mass is 19.1. The normalized spacial score (nSPS) is 38.8. The molecular formula is C18H25BFNO2. The highest BCUT2D eigenvalue weighted by Crippen LogP contribution is 2.65. The summed E-state index contributed by atoms with van der Waals surface area (Å²) in [6, 6.07) is 6.49. The van der Waals surface area contributed by atoms with Crippen LogP contribution in [0.15, 0.2) is 24.3 Å². The first-order chi connectivity index (χ1) is 10.8. The molecule has 3 nitrogen and oxygen atoms in total. The fourth-order valence-electron chi connectivity index (χ4n) is 5.07. The maximum Gasteiger partial charge on any atom is 0.475 e. The Hall–Kier alpha value is -0.905. The lowest BCUT2D eigenvalue weighted by Gasteiger charge is -2.64. The molecule has 1 aromatic rings. The number of nitrogens with two attached hydrogens (primary N) is 1. The van der Waals surface area contributed by atoms with Gasteiger partial charge in [-0.05, 0) is 61.1 Å². The van der Waals surface area contributed by atoms with Gasteiger partial charge in [-0.3, -0.25) is 0 Å². The van der Waals surface area contributed by atoms with Crippen molar-refractivity contribution in [3.63, 3.8) is 0 Å². The molecule has 1 heterocycles. The Labute approximate surface area is 137 Å². The van der Waals surface area contributed by atoms with E-state index in [9.17, 15) is 4.39 Å². The molecule has 23 heavy (non-hydrogen) atoms. The van der Waals surface area contributed by atoms with Gasteiger partial charge >= 0.3 is 7.12 Å². The van der Waals surface area contributed by atoms with E-state index in [4.69, 9.17) is 15.0 Å². The van der Waals surface area contributed by atoms with Gasteiger partial charge in [-0.2, -0.15) is 0 Å². The molecule has 5 rings (SSSR count). The first-order valence-electron chi connectivity index (χ1n) is 8.64. The molecule has 0 amide bonds. The van der Waals surface area contributed by atoms with Crippen molar-refractivity contribution in [1.29, 1.82) is 0 Å². The molecule has 3 aliphatic carbocycles. The van der Waals surface area contributed by atoms with Gasteiger partial charge in [0.25, 0.3) is 0 Å². The fraction of sp³-hybridized carbons (Fsp3) is 0.667. The third kappa shape index (κ3) is 2.28. The maximum atomic E-state index is 13.0. The standard InChI is InChI=1S/C18H25BFNO2/c1-17(2)12-9-14(17)18(3)15(10-12)22-19(23-18)16(21)8-11-4-6-13(20)7-5-11/h4-7,12,14-16H,8-10,21H2,1-3H3/t12-,14-,15+,16-,18-/m0/s1. The molecule has 5 heteroatoms. The first-order valence-corrected chi connectivity index (χ1v) is 8.64. The van der Waals surface area contributed by atoms with Crippen molar-refractivity contribution in [1.82, 2.24) is 0 Å². The molecule has 0 aromatic heterocycles. The van der Waals surface area contributed by atoms with E-state index in [1.165, 1.54) is 18.6 Å². The van der Waals surface area contributed by atoms with Gasteiger partial charge in [0.1, 0.15) is 5.82 Å². The summed E-state index contributed by atoms with van der Waals surface area (Å²) in [5.41, 5.74) is 7.47. The van der Waals surface area contributed by atoms with Gasteiger partial charge in [0, 0.05) is 5.94 Å². The van der Waals surface area contributed by atoms with Gasteiger partial charge in [0.2, 0.25) is 0 Å². The second-order valence-electron chi connectivity index (χ2n) is 8.33. The summed E-state index contributed by atoms with van der Waals surface area (Å²) < 4.78 is 25.6. The Kier molecular flexibility index (Phi) is 3.42. The molecule has 1 aromatic carbocycles. The van der Waals surface area contributed by atoms with Crippen molar-refractivity contribution in [2.75, 3.05) is 0 Å². The van der Waals surface area contributed by atoms with Crippen molar-refractivity contribution in [2.45, 2.75) is 57.7 Å². The quantitative estimate of drug-likeness (QED) is 0.872. The van der Waals surface area contributed by atoms with Crippen molar-refractivity contribution < 1.29 is 13.7 Å². The van der Waals surface area contributed by atoms with Crippen molar-refractivity contribution in [2.24, 2.45) is 23.0 Å². The minimum atomic E-state index is -0.370. The molecule has 1 saturated heterocycles. The maximum absolute atomic E-state index is 13.0. The second-order valence-corrected chi connectivity index (χ2v) is 8.33. The van der Waals surface area contributed by atoms with Crippen LogP contribution < -0.4 is 5.73 Å². The largest absolute Gasteiger partial charge is 0.475 e. The second kappa shape index (κ2) is 5.04. The van der Waals surface area contributed by atoms with Crippen molar-refractivity contribution >= 4 is 7.12 Å². The number of hydrogen-bond acceptors (Lipinski definition) is 3. The predicted octanol–water partition coefficient (Wildman–Crippen LogP) is 2.96. The van der Waals surface area contributed by atoms with E-state index in [2.05, 4.69) is 20.8 Å². The topological polar surface area (TPSA) is 44.5 Å². The Balaban J connectivity index is 1.47. The lowest BCUT2D eigenvalue weighted by Crippen LogP contribution is -2.65. The molecule has 2 bridgehead atoms. The smallest absolute Gasteiger partial charge is 0.404 e. The van der Waals surface area contributed by atoms with Crippen LogP contribution in [-0.2, 0) is 15.7 Å². The SMILES string of the molecule is CC1(C)[C@@H]2C[C@H]3OB([C@@H](N)Cc4ccc(F)cc4)O[C@@]3(C)[C@H]1C2. The Morgan fingerprint density at radius 1 is 1.26 bits per heavy atom. The third-order valence-electron chi connectivity index (χ3n) is 6.70. The molecule has 5 atom stereocenters. The van der Waals surface area contributed by atoms with Crippen LogP contribution in [0.3, 0.4) is 0 Å². The van der Waals surface area contributed by atoms with Crippen molar-refractivity contribution in [3.8, 4) is 0 Å². The summed E-state index contributed by atoms with van der Waals surface area (Å²) in [6.07, 6.45) is 3.09. The Morgan fingerprint density at radius 3 is 2.61 bits per heavy atom. The average molecular weight is 317 g/mol. The monoisotopic (exact) mass is 317 g/mol. The zero-order chi connectivity index (χ0) is 16.4. The van der Waals surface area contributed by atoms with Crippen LogP contribution in [-0.4, -0.2) is 24.8 Å². The minimum absolute atomic E-state index is 0.156. The van der Waals surface area contributed by atoms with E-state index >= 15 is 0 Å². The van der Waals surface area contributed by atoms with Crippen molar-refractivity contribution in [3.05, 3.63) is 35.6 Å². The molecule has 4 fully saturated rings. The molecule has 2 N–H and O–H groups in total. The van der Waals surface area contributed by atoms with Crippen LogP contribution in [0.1, 0.15) is 39.2 Å². The summed E-state index contributed by atoms with van der Waals surface area (Å²) in [7, 11) is -0.370. The van der Waals surface area contributed by atoms with Gasteiger partial charge < -0.3 is 15.0 Å². The van der Waals surface area contributed by atoms with E-state index in [-0.39, 0.29) is 30.6 Å². The van der Waals surface area contributed by atoms with E-state index in [1.807, 2.05) is 0 Å². The van der Waals surface area contributed by atoms with E-state index < -0.39 is 0 Å². The highest BCUT2D eigenvalue weighted by Gasteiger charge is 2.68. The number of benzene rings is 1. The average Bonchev–Trinajstić information content (AvgIpc) is 2.86. The molecule has 124 valence electrons. The number of halogens is 1. The van der Waals surface area contributed by atoms with Gasteiger partial charge in [-0.25, -0.2) is 4.39 Å². The predicted molar refractivity (Wildman–Crippen MR) is 88.2 cm³/mol. The minimum Gasteiger partial charge on any atom is -0.404 e. The lowest BCUT2D eigenvalue weighted by molar-refractivity contribution is -0.199. The summed E-state index contributed by atoms with van der Waals surface area (Å²) in [4.78, 5) is 0. The van der Waals surface area contributed by atoms with E-state index in [0.717, 1.165) is 17.9 Å². The molecular weight excluding hydrogens is 292 g/mol. The van der Waals surface area contributed by atoms with Gasteiger partial charge in [0.15, 0.2) is 0 Å². The van der Waals surface area contributed by atoms with Crippen LogP contribution in [0, 0.1) is 23.1 Å². The molecule has 1 aliphatic heterocycles. The summed E-state index contributed by atoms with van der Waals surface area (Å²) in [5, 5.41) is 0. The number of rotatable bonds is 3. The van der Waals surface area contributed by atoms with Crippen LogP contribution in [0.25, 0.3) is 0 Å². The zero-order valence-electron chi connectivity index (χ0n) is 14.1. The molecule has 4 aliphatic rings. The third-order valence-corrected chi connectivity index (χ3v) is 6.70. The number of hydrogen-bond donors (Lipinski definition) is 1. The van der Waals surface area contributed by atoms with Crippen LogP contribution in [0.4, 0.5) is 4.39 Å². The Morgan fingerprint density at radius 2 is 1.96 bits per heavy atom. The highest BCUT2D eigenvalue weighted by molar-refractivity contribution is 6.47. The Bertz CT molecular complexity index is 608. The fourth-order valence-corrected chi connectivity index (χ4v) is 5.07. The van der Waals surface area contributed by atoms with Gasteiger partial charge in [-0.1, -0.05) is 26.0 Å². The van der Waals surface area contributed by atoms with E-state index in [0.29, 0.717) is 17.8 Å². The van der Waals surface area contributed by atoms with Gasteiger partial charge in [-0.15, -0.1) is 0 Å². The van der Waals surface area contributed by atoms with Crippen LogP contribution >= 0.6 is 0 Å². The zero-order valence-corrected chi connectivity index (χ0v) is 14.1. The summed E-state index contributed by atoms with van der Waals surface area (Å²) >= 11 is 0. The lowest BCUT2D eigenvalue weighted by atomic mass is 9.43. The molecule has 0 unspecified atom stereocenters. The van der Waals surface area contributed by atoms with Gasteiger partial charge in [0.05, 0.1) is 11.7 Å². The molecule has 0 spiro atoms. The summed E-state index contributed by atoms with van der Waals surface area (Å²) in [6.45, 7) is 6.90. The van der Waals surface area contributed by atoms with Crippen LogP contribution in [0.5, 0.6) is 0 Å². The summed E-state index contributed by atoms with van der Waals surface area (Å²) in [5.74, 6) is 0.822. The van der Waals surface area contributed by atoms with E-state index in [1.54, 1.807) is 12.1 Å². The first kappa shape index (κ1) is 15.6.